The van der Waals surface area contributed by atoms with Gasteiger partial charge in [0.1, 0.15) is 10.7 Å². The number of nitrogens with zero attached hydrogens (tertiary/aromatic N) is 5. The standard InChI is InChI=1S/C18H23Cl2N5O2S2/c19-14-5-4-6-15(20)17(14)29(26,27)23-11-9-22(10-12-23)13-25-18(28)24-8-3-1-2-7-16(24)21-25/h4-6H,1-3,7-13H2. The van der Waals surface area contributed by atoms with Gasteiger partial charge in [0.25, 0.3) is 0 Å². The molecule has 11 heteroatoms. The quantitative estimate of drug-likeness (QED) is 0.633. The molecule has 1 aromatic carbocycles. The van der Waals surface area contributed by atoms with Crippen molar-refractivity contribution in [3.8, 4) is 0 Å². The van der Waals surface area contributed by atoms with Crippen LogP contribution in [0, 0.1) is 4.77 Å². The second kappa shape index (κ2) is 8.64. The number of rotatable bonds is 4. The number of aryl methyl sites for hydroxylation is 1. The van der Waals surface area contributed by atoms with Crippen molar-refractivity contribution >= 4 is 45.4 Å². The molecule has 158 valence electrons. The van der Waals surface area contributed by atoms with Crippen LogP contribution in [0.1, 0.15) is 25.1 Å². The van der Waals surface area contributed by atoms with Crippen molar-refractivity contribution in [3.05, 3.63) is 38.8 Å². The third-order valence-corrected chi connectivity index (χ3v) is 8.75. The first kappa shape index (κ1) is 21.3. The molecule has 1 aromatic heterocycles. The van der Waals surface area contributed by atoms with Crippen LogP contribution in [0.25, 0.3) is 0 Å². The van der Waals surface area contributed by atoms with Crippen LogP contribution in [0.3, 0.4) is 0 Å². The van der Waals surface area contributed by atoms with E-state index in [-0.39, 0.29) is 14.9 Å². The zero-order valence-electron chi connectivity index (χ0n) is 15.9. The molecule has 0 unspecified atom stereocenters. The van der Waals surface area contributed by atoms with Gasteiger partial charge in [-0.25, -0.2) is 13.1 Å². The molecule has 0 bridgehead atoms. The van der Waals surface area contributed by atoms with Crippen molar-refractivity contribution < 1.29 is 8.42 Å². The van der Waals surface area contributed by atoms with E-state index < -0.39 is 10.0 Å². The van der Waals surface area contributed by atoms with Crippen molar-refractivity contribution in [1.82, 2.24) is 23.6 Å². The Morgan fingerprint density at radius 2 is 1.69 bits per heavy atom. The van der Waals surface area contributed by atoms with E-state index in [0.29, 0.717) is 32.8 Å². The van der Waals surface area contributed by atoms with Gasteiger partial charge in [0.05, 0.1) is 16.7 Å². The SMILES string of the molecule is O=S(=O)(c1c(Cl)cccc1Cl)N1CCN(Cn2nc3n(c2=S)CCCCC3)CC1. The summed E-state index contributed by atoms with van der Waals surface area (Å²) in [7, 11) is -3.74. The molecule has 0 N–H and O–H groups in total. The fourth-order valence-electron chi connectivity index (χ4n) is 3.88. The van der Waals surface area contributed by atoms with Crippen LogP contribution < -0.4 is 0 Å². The average molecular weight is 476 g/mol. The molecule has 0 saturated carbocycles. The van der Waals surface area contributed by atoms with Gasteiger partial charge >= 0.3 is 0 Å². The molecule has 7 nitrogen and oxygen atoms in total. The lowest BCUT2D eigenvalue weighted by molar-refractivity contribution is 0.144. The Labute approximate surface area is 185 Å². The summed E-state index contributed by atoms with van der Waals surface area (Å²) in [4.78, 5) is 2.15. The first-order valence-corrected chi connectivity index (χ1v) is 12.3. The normalized spacial score (nSPS) is 19.1. The second-order valence-corrected chi connectivity index (χ2v) is 10.4. The van der Waals surface area contributed by atoms with Gasteiger partial charge < -0.3 is 4.57 Å². The number of hydrogen-bond donors (Lipinski definition) is 0. The zero-order chi connectivity index (χ0) is 20.6. The monoisotopic (exact) mass is 475 g/mol. The van der Waals surface area contributed by atoms with Gasteiger partial charge in [-0.2, -0.15) is 9.40 Å². The molecule has 1 fully saturated rings. The molecule has 3 heterocycles. The first-order chi connectivity index (χ1) is 13.9. The van der Waals surface area contributed by atoms with Crippen LogP contribution >= 0.6 is 35.4 Å². The highest BCUT2D eigenvalue weighted by Gasteiger charge is 2.32. The molecular weight excluding hydrogens is 453 g/mol. The highest BCUT2D eigenvalue weighted by Crippen LogP contribution is 2.31. The number of hydrogen-bond acceptors (Lipinski definition) is 5. The van der Waals surface area contributed by atoms with Crippen LogP contribution in [-0.4, -0.2) is 58.1 Å². The summed E-state index contributed by atoms with van der Waals surface area (Å²) in [6, 6.07) is 4.72. The number of halogens is 2. The largest absolute Gasteiger partial charge is 0.304 e. The molecule has 4 rings (SSSR count). The topological polar surface area (TPSA) is 63.4 Å². The Hall–Kier alpha value is -0.970. The van der Waals surface area contributed by atoms with E-state index in [0.717, 1.165) is 36.4 Å². The fourth-order valence-corrected chi connectivity index (χ4v) is 6.69. The Bertz CT molecular complexity index is 1040. The average Bonchev–Trinajstić information content (AvgIpc) is 2.84. The van der Waals surface area contributed by atoms with Crippen molar-refractivity contribution in [2.75, 3.05) is 26.2 Å². The highest BCUT2D eigenvalue weighted by atomic mass is 35.5. The van der Waals surface area contributed by atoms with Gasteiger partial charge in [-0.1, -0.05) is 35.7 Å². The summed E-state index contributed by atoms with van der Waals surface area (Å²) in [5.41, 5.74) is 0. The van der Waals surface area contributed by atoms with Crippen LogP contribution in [0.2, 0.25) is 10.0 Å². The van der Waals surface area contributed by atoms with E-state index in [1.54, 1.807) is 18.2 Å². The van der Waals surface area contributed by atoms with Gasteiger partial charge in [0, 0.05) is 39.1 Å². The Kier molecular flexibility index (Phi) is 6.34. The summed E-state index contributed by atoms with van der Waals surface area (Å²) in [6.45, 7) is 3.41. The molecule has 2 aliphatic heterocycles. The smallest absolute Gasteiger partial charge is 0.246 e. The lowest BCUT2D eigenvalue weighted by Crippen LogP contribution is -2.49. The van der Waals surface area contributed by atoms with Crippen LogP contribution in [0.5, 0.6) is 0 Å². The number of sulfonamides is 1. The number of piperazine rings is 1. The first-order valence-electron chi connectivity index (χ1n) is 9.71. The van der Waals surface area contributed by atoms with Crippen LogP contribution in [-0.2, 0) is 29.7 Å². The third-order valence-electron chi connectivity index (χ3n) is 5.46. The molecule has 1 saturated heterocycles. The molecule has 0 amide bonds. The molecule has 2 aromatic rings. The molecule has 0 atom stereocenters. The number of benzene rings is 1. The minimum Gasteiger partial charge on any atom is -0.304 e. The van der Waals surface area contributed by atoms with Crippen molar-refractivity contribution in [2.24, 2.45) is 0 Å². The minimum atomic E-state index is -3.74. The van der Waals surface area contributed by atoms with Gasteiger partial charge in [0.15, 0.2) is 4.77 Å². The summed E-state index contributed by atoms with van der Waals surface area (Å²) in [5, 5.41) is 5.00. The van der Waals surface area contributed by atoms with Crippen LogP contribution in [0.15, 0.2) is 23.1 Å². The summed E-state index contributed by atoms with van der Waals surface area (Å²) < 4.78 is 32.2. The highest BCUT2D eigenvalue weighted by molar-refractivity contribution is 7.89. The van der Waals surface area contributed by atoms with Crippen molar-refractivity contribution in [3.63, 3.8) is 0 Å². The molecule has 2 aliphatic rings. The third kappa shape index (κ3) is 4.26. The Morgan fingerprint density at radius 3 is 2.38 bits per heavy atom. The molecule has 0 aliphatic carbocycles. The molecule has 0 radical (unpaired) electrons. The lowest BCUT2D eigenvalue weighted by Gasteiger charge is -2.34. The zero-order valence-corrected chi connectivity index (χ0v) is 19.1. The van der Waals surface area contributed by atoms with Gasteiger partial charge in [-0.05, 0) is 37.2 Å². The van der Waals surface area contributed by atoms with E-state index >= 15 is 0 Å². The second-order valence-electron chi connectivity index (χ2n) is 7.37. The van der Waals surface area contributed by atoms with Crippen molar-refractivity contribution in [2.45, 2.75) is 43.8 Å². The van der Waals surface area contributed by atoms with E-state index in [2.05, 4.69) is 9.47 Å². The van der Waals surface area contributed by atoms with Gasteiger partial charge in [-0.15, -0.1) is 0 Å². The molecule has 29 heavy (non-hydrogen) atoms. The fraction of sp³-hybridized carbons (Fsp3) is 0.556. The van der Waals surface area contributed by atoms with Gasteiger partial charge in [-0.3, -0.25) is 4.90 Å². The molecule has 0 spiro atoms. The van der Waals surface area contributed by atoms with E-state index in [4.69, 9.17) is 40.5 Å². The Balaban J connectivity index is 1.45. The molecular formula is C18H23Cl2N5O2S2. The van der Waals surface area contributed by atoms with E-state index in [1.807, 2.05) is 4.68 Å². The number of aromatic nitrogens is 3. The summed E-state index contributed by atoms with van der Waals surface area (Å²) in [6.07, 6.45) is 4.45. The number of fused-ring (bicyclic) bond motifs is 1. The maximum atomic E-state index is 13.0. The lowest BCUT2D eigenvalue weighted by atomic mass is 10.2. The maximum absolute atomic E-state index is 13.0. The van der Waals surface area contributed by atoms with E-state index in [1.165, 1.54) is 10.7 Å². The maximum Gasteiger partial charge on any atom is 0.246 e. The van der Waals surface area contributed by atoms with Crippen LogP contribution in [0.4, 0.5) is 0 Å². The predicted octanol–water partition coefficient (Wildman–Crippen LogP) is 3.41. The van der Waals surface area contributed by atoms with Crippen molar-refractivity contribution in [1.29, 1.82) is 0 Å². The van der Waals surface area contributed by atoms with Gasteiger partial charge in [0.2, 0.25) is 10.0 Å². The summed E-state index contributed by atoms with van der Waals surface area (Å²) >= 11 is 17.9. The van der Waals surface area contributed by atoms with E-state index in [9.17, 15) is 8.42 Å². The minimum absolute atomic E-state index is 0.0168. The predicted molar refractivity (Wildman–Crippen MR) is 115 cm³/mol. The summed E-state index contributed by atoms with van der Waals surface area (Å²) in [5.74, 6) is 1.06. The Morgan fingerprint density at radius 1 is 1.00 bits per heavy atom.